The minimum atomic E-state index is -3.46. The third kappa shape index (κ3) is 5.24. The lowest BCUT2D eigenvalue weighted by Gasteiger charge is -2.17. The van der Waals surface area contributed by atoms with Gasteiger partial charge in [-0.25, -0.2) is 17.6 Å². The van der Waals surface area contributed by atoms with Gasteiger partial charge in [-0.1, -0.05) is 35.3 Å². The van der Waals surface area contributed by atoms with Crippen molar-refractivity contribution in [1.29, 1.82) is 0 Å². The van der Waals surface area contributed by atoms with Crippen LogP contribution in [0.2, 0.25) is 10.0 Å². The van der Waals surface area contributed by atoms with E-state index in [-0.39, 0.29) is 21.5 Å². The average Bonchev–Trinajstić information content (AvgIpc) is 3.25. The van der Waals surface area contributed by atoms with Crippen LogP contribution in [0.3, 0.4) is 0 Å². The van der Waals surface area contributed by atoms with Crippen LogP contribution in [0.25, 0.3) is 0 Å². The Hall–Kier alpha value is -1.87. The Morgan fingerprint density at radius 2 is 1.77 bits per heavy atom. The van der Waals surface area contributed by atoms with E-state index in [4.69, 9.17) is 23.2 Å². The number of sulfonamides is 1. The Balaban J connectivity index is 1.56. The normalized spacial score (nSPS) is 15.7. The summed E-state index contributed by atoms with van der Waals surface area (Å²) in [5.41, 5.74) is 1.15. The van der Waals surface area contributed by atoms with E-state index in [2.05, 4.69) is 10.6 Å². The number of nitrogens with zero attached hydrogens (tertiary/aromatic N) is 1. The van der Waals surface area contributed by atoms with Crippen LogP contribution in [0.4, 0.5) is 9.18 Å². The number of amides is 2. The number of hydrogen-bond acceptors (Lipinski definition) is 3. The quantitative estimate of drug-likeness (QED) is 0.607. The van der Waals surface area contributed by atoms with Gasteiger partial charge in [0.25, 0.3) is 0 Å². The molecule has 0 aliphatic carbocycles. The summed E-state index contributed by atoms with van der Waals surface area (Å²) in [6.07, 6.45) is 1.76. The minimum Gasteiger partial charge on any atom is -0.334 e. The summed E-state index contributed by atoms with van der Waals surface area (Å²) in [6, 6.07) is 7.88. The molecule has 30 heavy (non-hydrogen) atoms. The lowest BCUT2D eigenvalue weighted by molar-refractivity contribution is 0.237. The first-order valence-corrected chi connectivity index (χ1v) is 11.7. The molecule has 2 N–H and O–H groups in total. The molecule has 2 aromatic carbocycles. The molecule has 1 heterocycles. The molecule has 0 aromatic heterocycles. The van der Waals surface area contributed by atoms with Crippen molar-refractivity contribution < 1.29 is 17.6 Å². The van der Waals surface area contributed by atoms with E-state index in [0.29, 0.717) is 18.7 Å². The van der Waals surface area contributed by atoms with Gasteiger partial charge in [-0.15, -0.1) is 0 Å². The summed E-state index contributed by atoms with van der Waals surface area (Å²) in [6.45, 7) is 2.97. The van der Waals surface area contributed by atoms with Gasteiger partial charge in [0.2, 0.25) is 10.0 Å². The first-order valence-electron chi connectivity index (χ1n) is 9.46. The molecule has 0 bridgehead atoms. The van der Waals surface area contributed by atoms with Crippen LogP contribution < -0.4 is 10.6 Å². The number of benzene rings is 2. The zero-order chi connectivity index (χ0) is 21.9. The van der Waals surface area contributed by atoms with Crippen molar-refractivity contribution in [3.8, 4) is 0 Å². The maximum absolute atomic E-state index is 13.7. The summed E-state index contributed by atoms with van der Waals surface area (Å²) in [7, 11) is -3.46. The zero-order valence-electron chi connectivity index (χ0n) is 16.3. The summed E-state index contributed by atoms with van der Waals surface area (Å²) in [4.78, 5) is 12.4. The van der Waals surface area contributed by atoms with Gasteiger partial charge < -0.3 is 10.6 Å². The molecule has 1 saturated heterocycles. The Bertz CT molecular complexity index is 1030. The van der Waals surface area contributed by atoms with Crippen molar-refractivity contribution in [2.75, 3.05) is 13.1 Å². The molecule has 2 aromatic rings. The molecule has 162 valence electrons. The second kappa shape index (κ2) is 9.51. The topological polar surface area (TPSA) is 78.5 Å². The van der Waals surface area contributed by atoms with Crippen molar-refractivity contribution in [2.45, 2.75) is 37.2 Å². The predicted molar refractivity (Wildman–Crippen MR) is 115 cm³/mol. The largest absolute Gasteiger partial charge is 0.334 e. The molecule has 1 aliphatic rings. The van der Waals surface area contributed by atoms with Gasteiger partial charge in [0, 0.05) is 24.7 Å². The molecule has 0 spiro atoms. The molecule has 1 aliphatic heterocycles. The Morgan fingerprint density at radius 3 is 2.40 bits per heavy atom. The molecule has 1 unspecified atom stereocenters. The summed E-state index contributed by atoms with van der Waals surface area (Å²) in [5, 5.41) is 5.53. The van der Waals surface area contributed by atoms with Crippen molar-refractivity contribution in [1.82, 2.24) is 14.9 Å². The van der Waals surface area contributed by atoms with Gasteiger partial charge in [-0.3, -0.25) is 0 Å². The molecule has 10 heteroatoms. The van der Waals surface area contributed by atoms with Crippen LogP contribution in [0.1, 0.15) is 36.9 Å². The van der Waals surface area contributed by atoms with E-state index in [1.54, 1.807) is 31.2 Å². The molecule has 1 fully saturated rings. The monoisotopic (exact) mass is 473 g/mol. The second-order valence-electron chi connectivity index (χ2n) is 7.09. The third-order valence-electron chi connectivity index (χ3n) is 4.93. The third-order valence-corrected chi connectivity index (χ3v) is 7.46. The molecule has 2 amide bonds. The van der Waals surface area contributed by atoms with E-state index in [1.807, 2.05) is 0 Å². The number of rotatable bonds is 6. The summed E-state index contributed by atoms with van der Waals surface area (Å²) < 4.78 is 40.2. The SMILES string of the molecule is CC(NC(=O)NCc1ccc(S(=O)(=O)N2CCCC2)cc1)c1cc(F)c(Cl)cc1Cl. The Morgan fingerprint density at radius 1 is 1.13 bits per heavy atom. The summed E-state index contributed by atoms with van der Waals surface area (Å²) in [5.74, 6) is -0.617. The van der Waals surface area contributed by atoms with E-state index in [9.17, 15) is 17.6 Å². The molecule has 0 saturated carbocycles. The van der Waals surface area contributed by atoms with E-state index < -0.39 is 27.9 Å². The van der Waals surface area contributed by atoms with Crippen LogP contribution in [0.15, 0.2) is 41.3 Å². The first-order chi connectivity index (χ1) is 14.2. The van der Waals surface area contributed by atoms with Gasteiger partial charge in [0.05, 0.1) is 16.0 Å². The molecular weight excluding hydrogens is 452 g/mol. The van der Waals surface area contributed by atoms with Crippen molar-refractivity contribution in [3.05, 3.63) is 63.4 Å². The fraction of sp³-hybridized carbons (Fsp3) is 0.350. The number of halogens is 3. The zero-order valence-corrected chi connectivity index (χ0v) is 18.6. The standard InChI is InChI=1S/C20H22Cl2FN3O3S/c1-13(16-10-19(23)18(22)11-17(16)21)25-20(27)24-12-14-4-6-15(7-5-14)30(28,29)26-8-2-3-9-26/h4-7,10-11,13H,2-3,8-9,12H2,1H3,(H2,24,25,27). The van der Waals surface area contributed by atoms with Crippen LogP contribution in [0, 0.1) is 5.82 Å². The number of nitrogens with one attached hydrogen (secondary N) is 2. The van der Waals surface area contributed by atoms with Crippen LogP contribution in [-0.4, -0.2) is 31.8 Å². The summed E-state index contributed by atoms with van der Waals surface area (Å²) >= 11 is 11.8. The van der Waals surface area contributed by atoms with Gasteiger partial charge in [-0.05, 0) is 55.2 Å². The highest BCUT2D eigenvalue weighted by atomic mass is 35.5. The second-order valence-corrected chi connectivity index (χ2v) is 9.84. The highest BCUT2D eigenvalue weighted by Gasteiger charge is 2.26. The van der Waals surface area contributed by atoms with E-state index >= 15 is 0 Å². The van der Waals surface area contributed by atoms with E-state index in [1.165, 1.54) is 16.4 Å². The van der Waals surface area contributed by atoms with Gasteiger partial charge in [0.15, 0.2) is 0 Å². The van der Waals surface area contributed by atoms with Crippen molar-refractivity contribution in [3.63, 3.8) is 0 Å². The first kappa shape index (κ1) is 22.8. The van der Waals surface area contributed by atoms with Gasteiger partial charge >= 0.3 is 6.03 Å². The van der Waals surface area contributed by atoms with Gasteiger partial charge in [-0.2, -0.15) is 4.31 Å². The number of hydrogen-bond donors (Lipinski definition) is 2. The predicted octanol–water partition coefficient (Wildman–Crippen LogP) is 4.48. The number of carbonyl (C=O) groups excluding carboxylic acids is 1. The average molecular weight is 474 g/mol. The van der Waals surface area contributed by atoms with Crippen molar-refractivity contribution in [2.24, 2.45) is 0 Å². The maximum atomic E-state index is 13.7. The Kier molecular flexibility index (Phi) is 7.23. The highest BCUT2D eigenvalue weighted by molar-refractivity contribution is 7.89. The molecule has 6 nitrogen and oxygen atoms in total. The molecule has 1 atom stereocenters. The van der Waals surface area contributed by atoms with Crippen LogP contribution in [0.5, 0.6) is 0 Å². The number of urea groups is 1. The lowest BCUT2D eigenvalue weighted by atomic mass is 10.1. The molecular formula is C20H22Cl2FN3O3S. The lowest BCUT2D eigenvalue weighted by Crippen LogP contribution is -2.36. The molecule has 0 radical (unpaired) electrons. The fourth-order valence-corrected chi connectivity index (χ4v) is 5.30. The van der Waals surface area contributed by atoms with Crippen LogP contribution >= 0.6 is 23.2 Å². The Labute approximate surface area is 185 Å². The van der Waals surface area contributed by atoms with Crippen LogP contribution in [-0.2, 0) is 16.6 Å². The molecule has 3 rings (SSSR count). The fourth-order valence-electron chi connectivity index (χ4n) is 3.23. The van der Waals surface area contributed by atoms with Crippen molar-refractivity contribution >= 4 is 39.3 Å². The van der Waals surface area contributed by atoms with E-state index in [0.717, 1.165) is 18.4 Å². The number of carbonyl (C=O) groups is 1. The maximum Gasteiger partial charge on any atom is 0.315 e. The van der Waals surface area contributed by atoms with Gasteiger partial charge in [0.1, 0.15) is 5.82 Å². The highest BCUT2D eigenvalue weighted by Crippen LogP contribution is 2.28. The minimum absolute atomic E-state index is 0.0874. The smallest absolute Gasteiger partial charge is 0.315 e.